The lowest BCUT2D eigenvalue weighted by molar-refractivity contribution is -0.137. The van der Waals surface area contributed by atoms with Crippen LogP contribution in [0.25, 0.3) is 0 Å². The average molecular weight is 339 g/mol. The number of carbonyl (C=O) groups is 2. The molecule has 1 amide bonds. The summed E-state index contributed by atoms with van der Waals surface area (Å²) in [5, 5.41) is 18.5. The zero-order chi connectivity index (χ0) is 14.7. The number of hydrogen-bond acceptors (Lipinski definition) is 4. The van der Waals surface area contributed by atoms with Gasteiger partial charge in [-0.05, 0) is 30.7 Å². The Morgan fingerprint density at radius 2 is 2.15 bits per heavy atom. The monoisotopic (exact) mass is 338 g/mol. The number of aliphatic carboxylic acids is 1. The van der Waals surface area contributed by atoms with Gasteiger partial charge in [-0.2, -0.15) is 0 Å². The molecule has 1 aromatic heterocycles. The van der Waals surface area contributed by atoms with Gasteiger partial charge in [0.1, 0.15) is 6.54 Å². The molecule has 2 rings (SSSR count). The molecule has 1 aromatic carbocycles. The van der Waals surface area contributed by atoms with Crippen LogP contribution in [0.2, 0.25) is 0 Å². The third-order valence-electron chi connectivity index (χ3n) is 2.37. The lowest BCUT2D eigenvalue weighted by Gasteiger charge is -2.04. The first-order valence-electron chi connectivity index (χ1n) is 5.64. The van der Waals surface area contributed by atoms with E-state index in [4.69, 9.17) is 5.11 Å². The zero-order valence-electron chi connectivity index (χ0n) is 10.5. The Kier molecular flexibility index (Phi) is 4.14. The Hall–Kier alpha value is -2.22. The number of rotatable bonds is 4. The second-order valence-corrected chi connectivity index (χ2v) is 5.08. The Bertz CT molecular complexity index is 648. The standard InChI is InChI=1S/C12H11BrN4O3/c1-7-2-8(13)4-9(3-7)14-12(20)10-5-17(16-15-10)6-11(18)19/h2-5H,6H2,1H3,(H,14,20)(H,18,19). The number of carboxylic acid groups (broad SMARTS) is 1. The maximum Gasteiger partial charge on any atom is 0.325 e. The number of carboxylic acids is 1. The van der Waals surface area contributed by atoms with Gasteiger partial charge in [-0.1, -0.05) is 21.1 Å². The van der Waals surface area contributed by atoms with Crippen molar-refractivity contribution in [2.75, 3.05) is 5.32 Å². The van der Waals surface area contributed by atoms with Crippen molar-refractivity contribution in [1.29, 1.82) is 0 Å². The zero-order valence-corrected chi connectivity index (χ0v) is 12.1. The van der Waals surface area contributed by atoms with E-state index in [0.717, 1.165) is 14.7 Å². The summed E-state index contributed by atoms with van der Waals surface area (Å²) in [6.07, 6.45) is 1.29. The number of nitrogens with zero attached hydrogens (tertiary/aromatic N) is 3. The molecule has 0 aliphatic carbocycles. The van der Waals surface area contributed by atoms with Gasteiger partial charge >= 0.3 is 5.97 Å². The highest BCUT2D eigenvalue weighted by Gasteiger charge is 2.12. The Labute approximate surface area is 122 Å². The van der Waals surface area contributed by atoms with E-state index in [0.29, 0.717) is 5.69 Å². The average Bonchev–Trinajstić information content (AvgIpc) is 2.75. The van der Waals surface area contributed by atoms with E-state index in [1.165, 1.54) is 6.20 Å². The van der Waals surface area contributed by atoms with Gasteiger partial charge in [-0.3, -0.25) is 9.59 Å². The molecule has 0 unspecified atom stereocenters. The van der Waals surface area contributed by atoms with Crippen molar-refractivity contribution in [3.8, 4) is 0 Å². The molecule has 0 atom stereocenters. The van der Waals surface area contributed by atoms with E-state index in [-0.39, 0.29) is 12.2 Å². The number of hydrogen-bond donors (Lipinski definition) is 2. The van der Waals surface area contributed by atoms with Gasteiger partial charge in [0.25, 0.3) is 5.91 Å². The van der Waals surface area contributed by atoms with Gasteiger partial charge in [-0.25, -0.2) is 4.68 Å². The van der Waals surface area contributed by atoms with Crippen LogP contribution >= 0.6 is 15.9 Å². The van der Waals surface area contributed by atoms with E-state index < -0.39 is 11.9 Å². The number of aromatic nitrogens is 3. The van der Waals surface area contributed by atoms with Gasteiger partial charge < -0.3 is 10.4 Å². The van der Waals surface area contributed by atoms with Gasteiger partial charge in [-0.15, -0.1) is 5.10 Å². The fourth-order valence-electron chi connectivity index (χ4n) is 1.62. The minimum absolute atomic E-state index is 0.0591. The van der Waals surface area contributed by atoms with Crippen molar-refractivity contribution in [2.45, 2.75) is 13.5 Å². The maximum absolute atomic E-state index is 11.9. The summed E-state index contributed by atoms with van der Waals surface area (Å²) in [6, 6.07) is 5.48. The quantitative estimate of drug-likeness (QED) is 0.883. The van der Waals surface area contributed by atoms with Crippen LogP contribution in [0.3, 0.4) is 0 Å². The highest BCUT2D eigenvalue weighted by atomic mass is 79.9. The Morgan fingerprint density at radius 1 is 1.40 bits per heavy atom. The highest BCUT2D eigenvalue weighted by Crippen LogP contribution is 2.19. The minimum atomic E-state index is -1.05. The summed E-state index contributed by atoms with van der Waals surface area (Å²) in [4.78, 5) is 22.5. The predicted octanol–water partition coefficient (Wildman–Crippen LogP) is 1.69. The first-order chi connectivity index (χ1) is 9.44. The fraction of sp³-hybridized carbons (Fsp3) is 0.167. The molecule has 0 aliphatic rings. The molecule has 2 N–H and O–H groups in total. The normalized spacial score (nSPS) is 10.3. The van der Waals surface area contributed by atoms with Crippen LogP contribution in [-0.2, 0) is 11.3 Å². The summed E-state index contributed by atoms with van der Waals surface area (Å²) < 4.78 is 1.94. The molecule has 0 saturated carbocycles. The summed E-state index contributed by atoms with van der Waals surface area (Å²) in [5.41, 5.74) is 1.67. The Balaban J connectivity index is 2.11. The van der Waals surface area contributed by atoms with Crippen molar-refractivity contribution in [1.82, 2.24) is 15.0 Å². The lowest BCUT2D eigenvalue weighted by Crippen LogP contribution is -2.13. The van der Waals surface area contributed by atoms with Crippen LogP contribution in [-0.4, -0.2) is 32.0 Å². The van der Waals surface area contributed by atoms with Crippen molar-refractivity contribution in [2.24, 2.45) is 0 Å². The van der Waals surface area contributed by atoms with Crippen LogP contribution in [0, 0.1) is 6.92 Å². The number of amides is 1. The van der Waals surface area contributed by atoms with Crippen LogP contribution < -0.4 is 5.32 Å². The topological polar surface area (TPSA) is 97.1 Å². The minimum Gasteiger partial charge on any atom is -0.480 e. The molecule has 20 heavy (non-hydrogen) atoms. The number of benzene rings is 1. The molecule has 1 heterocycles. The highest BCUT2D eigenvalue weighted by molar-refractivity contribution is 9.10. The van der Waals surface area contributed by atoms with E-state index in [1.807, 2.05) is 19.1 Å². The maximum atomic E-state index is 11.9. The predicted molar refractivity (Wildman–Crippen MR) is 74.5 cm³/mol. The first-order valence-corrected chi connectivity index (χ1v) is 6.44. The second kappa shape index (κ2) is 5.83. The first kappa shape index (κ1) is 14.2. The van der Waals surface area contributed by atoms with E-state index in [9.17, 15) is 9.59 Å². The van der Waals surface area contributed by atoms with Crippen molar-refractivity contribution in [3.05, 3.63) is 40.1 Å². The van der Waals surface area contributed by atoms with Crippen LogP contribution in [0.1, 0.15) is 16.1 Å². The molecule has 104 valence electrons. The third kappa shape index (κ3) is 3.64. The van der Waals surface area contributed by atoms with Crippen molar-refractivity contribution >= 4 is 33.5 Å². The molecule has 0 saturated heterocycles. The molecule has 7 nitrogen and oxygen atoms in total. The van der Waals surface area contributed by atoms with Crippen molar-refractivity contribution in [3.63, 3.8) is 0 Å². The van der Waals surface area contributed by atoms with E-state index in [2.05, 4.69) is 31.6 Å². The number of nitrogens with one attached hydrogen (secondary N) is 1. The molecule has 2 aromatic rings. The van der Waals surface area contributed by atoms with Crippen LogP contribution in [0.5, 0.6) is 0 Å². The fourth-order valence-corrected chi connectivity index (χ4v) is 2.23. The van der Waals surface area contributed by atoms with Gasteiger partial charge in [0, 0.05) is 10.2 Å². The molecule has 8 heteroatoms. The summed E-state index contributed by atoms with van der Waals surface area (Å²) in [6.45, 7) is 1.57. The van der Waals surface area contributed by atoms with E-state index >= 15 is 0 Å². The number of anilines is 1. The summed E-state index contributed by atoms with van der Waals surface area (Å²) in [5.74, 6) is -1.50. The van der Waals surface area contributed by atoms with Gasteiger partial charge in [0.15, 0.2) is 5.69 Å². The molecule has 0 fully saturated rings. The van der Waals surface area contributed by atoms with Crippen LogP contribution in [0.4, 0.5) is 5.69 Å². The SMILES string of the molecule is Cc1cc(Br)cc(NC(=O)c2cn(CC(=O)O)nn2)c1. The molecule has 0 spiro atoms. The van der Waals surface area contributed by atoms with Gasteiger partial charge in [0.2, 0.25) is 0 Å². The number of carbonyl (C=O) groups excluding carboxylic acids is 1. The molecule has 0 bridgehead atoms. The molecular formula is C12H11BrN4O3. The second-order valence-electron chi connectivity index (χ2n) is 4.17. The van der Waals surface area contributed by atoms with Gasteiger partial charge in [0.05, 0.1) is 6.20 Å². The largest absolute Gasteiger partial charge is 0.480 e. The smallest absolute Gasteiger partial charge is 0.325 e. The molecule has 0 aliphatic heterocycles. The Morgan fingerprint density at radius 3 is 2.80 bits per heavy atom. The molecular weight excluding hydrogens is 328 g/mol. The molecule has 0 radical (unpaired) electrons. The number of halogens is 1. The van der Waals surface area contributed by atoms with Crippen LogP contribution in [0.15, 0.2) is 28.9 Å². The van der Waals surface area contributed by atoms with Crippen molar-refractivity contribution < 1.29 is 14.7 Å². The summed E-state index contributed by atoms with van der Waals surface area (Å²) in [7, 11) is 0. The van der Waals surface area contributed by atoms with E-state index in [1.54, 1.807) is 6.07 Å². The summed E-state index contributed by atoms with van der Waals surface area (Å²) >= 11 is 3.34. The third-order valence-corrected chi connectivity index (χ3v) is 2.83. The lowest BCUT2D eigenvalue weighted by atomic mass is 10.2. The number of aryl methyl sites for hydroxylation is 1.